The molecule has 0 atom stereocenters. The van der Waals surface area contributed by atoms with Crippen LogP contribution in [0.4, 0.5) is 4.39 Å². The first-order valence-electron chi connectivity index (χ1n) is 5.49. The molecule has 0 saturated carbocycles. The summed E-state index contributed by atoms with van der Waals surface area (Å²) in [7, 11) is 0. The number of nitrogens with zero attached hydrogens (tertiary/aromatic N) is 2. The maximum absolute atomic E-state index is 13.5. The minimum atomic E-state index is -0.384. The summed E-state index contributed by atoms with van der Waals surface area (Å²) in [6.45, 7) is 2.61. The Hall–Kier alpha value is -2.19. The maximum atomic E-state index is 13.5. The number of rotatable bonds is 4. The number of nitriles is 1. The minimum Gasteiger partial charge on any atom is -0.445 e. The van der Waals surface area contributed by atoms with E-state index in [1.165, 1.54) is 6.07 Å². The van der Waals surface area contributed by atoms with Gasteiger partial charge in [0.15, 0.2) is 0 Å². The average Bonchev–Trinajstić information content (AvgIpc) is 2.77. The molecule has 5 heteroatoms. The molecule has 0 amide bonds. The lowest BCUT2D eigenvalue weighted by molar-refractivity contribution is 0.447. The van der Waals surface area contributed by atoms with Crippen LogP contribution in [0.5, 0.6) is 0 Å². The van der Waals surface area contributed by atoms with Crippen LogP contribution in [0.3, 0.4) is 0 Å². The molecule has 92 valence electrons. The van der Waals surface area contributed by atoms with Gasteiger partial charge >= 0.3 is 0 Å². The molecule has 2 aromatic rings. The number of hydrogen-bond acceptors (Lipinski definition) is 4. The second kappa shape index (κ2) is 5.43. The van der Waals surface area contributed by atoms with E-state index < -0.39 is 0 Å². The lowest BCUT2D eigenvalue weighted by Crippen LogP contribution is -2.14. The minimum absolute atomic E-state index is 0.319. The van der Waals surface area contributed by atoms with Gasteiger partial charge in [-0.15, -0.1) is 0 Å². The number of oxazole rings is 1. The summed E-state index contributed by atoms with van der Waals surface area (Å²) in [6.07, 6.45) is 1.64. The van der Waals surface area contributed by atoms with Gasteiger partial charge in [0.2, 0.25) is 5.89 Å². The second-order valence-corrected chi connectivity index (χ2v) is 3.89. The lowest BCUT2D eigenvalue weighted by Gasteiger charge is -2.04. The highest BCUT2D eigenvalue weighted by Crippen LogP contribution is 2.10. The van der Waals surface area contributed by atoms with E-state index in [2.05, 4.69) is 10.3 Å². The predicted molar refractivity (Wildman–Crippen MR) is 62.9 cm³/mol. The van der Waals surface area contributed by atoms with Gasteiger partial charge in [0.05, 0.1) is 24.4 Å². The molecule has 0 spiro atoms. The highest BCUT2D eigenvalue weighted by molar-refractivity contribution is 5.32. The number of aromatic nitrogens is 1. The Bertz CT molecular complexity index is 586. The fourth-order valence-corrected chi connectivity index (χ4v) is 1.55. The first-order valence-corrected chi connectivity index (χ1v) is 5.49. The summed E-state index contributed by atoms with van der Waals surface area (Å²) in [6, 6.07) is 6.31. The van der Waals surface area contributed by atoms with Crippen molar-refractivity contribution in [3.8, 4) is 6.07 Å². The Morgan fingerprint density at radius 1 is 1.44 bits per heavy atom. The van der Waals surface area contributed by atoms with Gasteiger partial charge in [0, 0.05) is 12.1 Å². The first kappa shape index (κ1) is 12.3. The molecule has 0 unspecified atom stereocenters. The van der Waals surface area contributed by atoms with Crippen molar-refractivity contribution in [2.45, 2.75) is 20.0 Å². The Morgan fingerprint density at radius 2 is 2.28 bits per heavy atom. The maximum Gasteiger partial charge on any atom is 0.208 e. The van der Waals surface area contributed by atoms with Crippen molar-refractivity contribution in [2.24, 2.45) is 0 Å². The molecular weight excluding hydrogens is 233 g/mol. The van der Waals surface area contributed by atoms with E-state index in [0.29, 0.717) is 30.1 Å². The van der Waals surface area contributed by atoms with Gasteiger partial charge in [-0.3, -0.25) is 0 Å². The predicted octanol–water partition coefficient (Wildman–Crippen LogP) is 2.28. The molecule has 0 radical (unpaired) electrons. The molecule has 0 aliphatic rings. The summed E-state index contributed by atoms with van der Waals surface area (Å²) in [5.41, 5.74) is 0.830. The Balaban J connectivity index is 1.92. The molecule has 0 aliphatic carbocycles. The highest BCUT2D eigenvalue weighted by Gasteiger charge is 2.04. The standard InChI is InChI=1S/C13H12FN3O/c1-9-6-17-13(18-9)8-16-7-11-3-2-10(5-15)4-12(11)14/h2-4,6,16H,7-8H2,1H3. The molecule has 0 bridgehead atoms. The highest BCUT2D eigenvalue weighted by atomic mass is 19.1. The van der Waals surface area contributed by atoms with Crippen LogP contribution in [0.15, 0.2) is 28.8 Å². The molecule has 1 aromatic heterocycles. The van der Waals surface area contributed by atoms with Gasteiger partial charge in [-0.2, -0.15) is 5.26 Å². The molecule has 0 saturated heterocycles. The Labute approximate surface area is 104 Å². The second-order valence-electron chi connectivity index (χ2n) is 3.89. The third kappa shape index (κ3) is 2.93. The summed E-state index contributed by atoms with van der Waals surface area (Å²) in [5, 5.41) is 11.7. The normalized spacial score (nSPS) is 10.3. The van der Waals surface area contributed by atoms with Gasteiger partial charge in [0.1, 0.15) is 11.6 Å². The van der Waals surface area contributed by atoms with Crippen molar-refractivity contribution in [3.05, 3.63) is 53.0 Å². The fraction of sp³-hybridized carbons (Fsp3) is 0.231. The van der Waals surface area contributed by atoms with E-state index in [9.17, 15) is 4.39 Å². The number of aryl methyl sites for hydroxylation is 1. The van der Waals surface area contributed by atoms with E-state index in [4.69, 9.17) is 9.68 Å². The van der Waals surface area contributed by atoms with Crippen LogP contribution < -0.4 is 5.32 Å². The van der Waals surface area contributed by atoms with E-state index >= 15 is 0 Å². The van der Waals surface area contributed by atoms with Gasteiger partial charge in [-0.1, -0.05) is 6.07 Å². The zero-order chi connectivity index (χ0) is 13.0. The molecular formula is C13H12FN3O. The zero-order valence-corrected chi connectivity index (χ0v) is 9.90. The van der Waals surface area contributed by atoms with Crippen LogP contribution in [0.2, 0.25) is 0 Å². The van der Waals surface area contributed by atoms with Crippen molar-refractivity contribution in [1.82, 2.24) is 10.3 Å². The molecule has 1 heterocycles. The van der Waals surface area contributed by atoms with Gasteiger partial charge in [-0.05, 0) is 19.1 Å². The molecule has 2 rings (SSSR count). The molecule has 0 aliphatic heterocycles. The van der Waals surface area contributed by atoms with Gasteiger partial charge in [-0.25, -0.2) is 9.37 Å². The molecule has 18 heavy (non-hydrogen) atoms. The molecule has 0 fully saturated rings. The zero-order valence-electron chi connectivity index (χ0n) is 9.90. The molecule has 4 nitrogen and oxygen atoms in total. The van der Waals surface area contributed by atoms with E-state index in [1.807, 2.05) is 13.0 Å². The van der Waals surface area contributed by atoms with Crippen molar-refractivity contribution in [2.75, 3.05) is 0 Å². The lowest BCUT2D eigenvalue weighted by atomic mass is 10.1. The van der Waals surface area contributed by atoms with Gasteiger partial charge < -0.3 is 9.73 Å². The van der Waals surface area contributed by atoms with Crippen LogP contribution >= 0.6 is 0 Å². The monoisotopic (exact) mass is 245 g/mol. The smallest absolute Gasteiger partial charge is 0.208 e. The van der Waals surface area contributed by atoms with Crippen LogP contribution in [0, 0.1) is 24.1 Å². The third-order valence-electron chi connectivity index (χ3n) is 2.44. The summed E-state index contributed by atoms with van der Waals surface area (Å²) >= 11 is 0. The summed E-state index contributed by atoms with van der Waals surface area (Å²) in [4.78, 5) is 4.03. The largest absolute Gasteiger partial charge is 0.445 e. The summed E-state index contributed by atoms with van der Waals surface area (Å²) < 4.78 is 18.8. The third-order valence-corrected chi connectivity index (χ3v) is 2.44. The molecule has 1 aromatic carbocycles. The Kier molecular flexibility index (Phi) is 3.70. The van der Waals surface area contributed by atoms with E-state index in [1.54, 1.807) is 18.3 Å². The quantitative estimate of drug-likeness (QED) is 0.897. The average molecular weight is 245 g/mol. The first-order chi connectivity index (χ1) is 8.69. The van der Waals surface area contributed by atoms with Crippen molar-refractivity contribution in [1.29, 1.82) is 5.26 Å². The van der Waals surface area contributed by atoms with Crippen LogP contribution in [0.25, 0.3) is 0 Å². The Morgan fingerprint density at radius 3 is 2.89 bits per heavy atom. The summed E-state index contributed by atoms with van der Waals surface area (Å²) in [5.74, 6) is 0.933. The number of benzene rings is 1. The van der Waals surface area contributed by atoms with Crippen LogP contribution in [-0.4, -0.2) is 4.98 Å². The van der Waals surface area contributed by atoms with Crippen LogP contribution in [0.1, 0.15) is 22.8 Å². The number of hydrogen-bond donors (Lipinski definition) is 1. The van der Waals surface area contributed by atoms with E-state index in [-0.39, 0.29) is 5.82 Å². The topological polar surface area (TPSA) is 61.9 Å². The van der Waals surface area contributed by atoms with Gasteiger partial charge in [0.25, 0.3) is 0 Å². The number of nitrogens with one attached hydrogen (secondary N) is 1. The van der Waals surface area contributed by atoms with Crippen molar-refractivity contribution < 1.29 is 8.81 Å². The SMILES string of the molecule is Cc1cnc(CNCc2ccc(C#N)cc2F)o1. The number of halogens is 1. The van der Waals surface area contributed by atoms with Crippen molar-refractivity contribution in [3.63, 3.8) is 0 Å². The molecule has 1 N–H and O–H groups in total. The fourth-order valence-electron chi connectivity index (χ4n) is 1.55. The van der Waals surface area contributed by atoms with Crippen molar-refractivity contribution >= 4 is 0 Å². The van der Waals surface area contributed by atoms with Crippen LogP contribution in [-0.2, 0) is 13.1 Å². The van der Waals surface area contributed by atoms with E-state index in [0.717, 1.165) is 5.76 Å².